The minimum atomic E-state index is -3.17. The summed E-state index contributed by atoms with van der Waals surface area (Å²) in [5.41, 5.74) is 1.18. The number of nitrogens with one attached hydrogen (secondary N) is 1. The normalized spacial score (nSPS) is 22.5. The van der Waals surface area contributed by atoms with Crippen molar-refractivity contribution in [3.63, 3.8) is 0 Å². The van der Waals surface area contributed by atoms with Gasteiger partial charge in [-0.15, -0.1) is 0 Å². The molecule has 1 aromatic carbocycles. The van der Waals surface area contributed by atoms with E-state index >= 15 is 0 Å². The van der Waals surface area contributed by atoms with Crippen LogP contribution in [0, 0.1) is 5.41 Å². The van der Waals surface area contributed by atoms with Crippen LogP contribution in [0.25, 0.3) is 0 Å². The predicted octanol–water partition coefficient (Wildman–Crippen LogP) is 4.25. The van der Waals surface area contributed by atoms with E-state index in [0.717, 1.165) is 18.5 Å². The monoisotopic (exact) mass is 309 g/mol. The molecular weight excluding hydrogens is 282 g/mol. The Balaban J connectivity index is 2.17. The molecule has 0 saturated heterocycles. The predicted molar refractivity (Wildman–Crippen MR) is 88.4 cm³/mol. The van der Waals surface area contributed by atoms with Crippen molar-refractivity contribution in [3.05, 3.63) is 24.3 Å². The maximum atomic E-state index is 12.2. The van der Waals surface area contributed by atoms with Crippen LogP contribution in [0.2, 0.25) is 0 Å². The molecule has 1 fully saturated rings. The third kappa shape index (κ3) is 4.22. The van der Waals surface area contributed by atoms with Gasteiger partial charge in [-0.05, 0) is 43.2 Å². The molecule has 0 aliphatic heterocycles. The van der Waals surface area contributed by atoms with Crippen LogP contribution >= 0.6 is 0 Å². The summed E-state index contributed by atoms with van der Waals surface area (Å²) in [6.07, 6.45) is 5.86. The summed E-state index contributed by atoms with van der Waals surface area (Å²) >= 11 is 0. The van der Waals surface area contributed by atoms with Crippen LogP contribution in [0.15, 0.2) is 29.2 Å². The highest BCUT2D eigenvalue weighted by Crippen LogP contribution is 2.35. The lowest BCUT2D eigenvalue weighted by molar-refractivity contribution is 0.313. The molecule has 0 radical (unpaired) electrons. The molecule has 1 aromatic rings. The van der Waals surface area contributed by atoms with Crippen molar-refractivity contribution in [1.82, 2.24) is 0 Å². The number of para-hydroxylation sites is 1. The Labute approximate surface area is 129 Å². The van der Waals surface area contributed by atoms with Crippen LogP contribution in [0.1, 0.15) is 52.9 Å². The maximum Gasteiger partial charge on any atom is 0.180 e. The molecule has 3 nitrogen and oxygen atoms in total. The van der Waals surface area contributed by atoms with E-state index in [2.05, 4.69) is 19.2 Å². The average molecular weight is 309 g/mol. The molecule has 1 atom stereocenters. The Morgan fingerprint density at radius 3 is 2.62 bits per heavy atom. The van der Waals surface area contributed by atoms with Crippen molar-refractivity contribution in [2.75, 3.05) is 11.1 Å². The highest BCUT2D eigenvalue weighted by atomic mass is 32.2. The first-order valence-corrected chi connectivity index (χ1v) is 9.58. The van der Waals surface area contributed by atoms with E-state index in [4.69, 9.17) is 0 Å². The van der Waals surface area contributed by atoms with Gasteiger partial charge in [-0.2, -0.15) is 0 Å². The lowest BCUT2D eigenvalue weighted by Gasteiger charge is -2.23. The van der Waals surface area contributed by atoms with Gasteiger partial charge in [0.05, 0.1) is 16.3 Å². The zero-order valence-electron chi connectivity index (χ0n) is 13.4. The first kappa shape index (κ1) is 16.3. The number of benzene rings is 1. The number of sulfone groups is 1. The van der Waals surface area contributed by atoms with Gasteiger partial charge in [0.1, 0.15) is 0 Å². The van der Waals surface area contributed by atoms with Crippen LogP contribution in [0.3, 0.4) is 0 Å². The van der Waals surface area contributed by atoms with Crippen molar-refractivity contribution in [1.29, 1.82) is 0 Å². The number of anilines is 1. The van der Waals surface area contributed by atoms with Gasteiger partial charge < -0.3 is 5.32 Å². The van der Waals surface area contributed by atoms with E-state index in [1.54, 1.807) is 19.1 Å². The molecule has 1 N–H and O–H groups in total. The van der Waals surface area contributed by atoms with E-state index in [0.29, 0.717) is 16.4 Å². The average Bonchev–Trinajstić information content (AvgIpc) is 2.61. The van der Waals surface area contributed by atoms with E-state index < -0.39 is 9.84 Å². The van der Waals surface area contributed by atoms with Gasteiger partial charge in [0.2, 0.25) is 0 Å². The SMILES string of the molecule is CCS(=O)(=O)c1ccccc1NC1CCCC(C)(C)CC1. The third-order valence-electron chi connectivity index (χ3n) is 4.54. The maximum absolute atomic E-state index is 12.2. The minimum absolute atomic E-state index is 0.142. The lowest BCUT2D eigenvalue weighted by atomic mass is 9.85. The van der Waals surface area contributed by atoms with Crippen molar-refractivity contribution in [3.8, 4) is 0 Å². The quantitative estimate of drug-likeness (QED) is 0.846. The lowest BCUT2D eigenvalue weighted by Crippen LogP contribution is -2.21. The van der Waals surface area contributed by atoms with E-state index in [1.165, 1.54) is 19.3 Å². The van der Waals surface area contributed by atoms with Crippen LogP contribution in [0.4, 0.5) is 5.69 Å². The fraction of sp³-hybridized carbons (Fsp3) is 0.647. The molecule has 1 saturated carbocycles. The topological polar surface area (TPSA) is 46.2 Å². The molecule has 1 aliphatic carbocycles. The molecule has 0 aromatic heterocycles. The van der Waals surface area contributed by atoms with Crippen molar-refractivity contribution < 1.29 is 8.42 Å². The zero-order valence-corrected chi connectivity index (χ0v) is 14.2. The molecule has 1 unspecified atom stereocenters. The summed E-state index contributed by atoms with van der Waals surface area (Å²) in [4.78, 5) is 0.441. The molecule has 1 aliphatic rings. The van der Waals surface area contributed by atoms with Crippen LogP contribution in [-0.2, 0) is 9.84 Å². The van der Waals surface area contributed by atoms with E-state index in [-0.39, 0.29) is 5.75 Å². The van der Waals surface area contributed by atoms with Gasteiger partial charge in [0.25, 0.3) is 0 Å². The Morgan fingerprint density at radius 1 is 1.19 bits per heavy atom. The Kier molecular flexibility index (Phi) is 4.97. The minimum Gasteiger partial charge on any atom is -0.381 e. The molecule has 0 spiro atoms. The van der Waals surface area contributed by atoms with Crippen molar-refractivity contribution in [2.45, 2.75) is 63.8 Å². The summed E-state index contributed by atoms with van der Waals surface area (Å²) < 4.78 is 24.4. The largest absolute Gasteiger partial charge is 0.381 e. The summed E-state index contributed by atoms with van der Waals surface area (Å²) in [6, 6.07) is 7.67. The smallest absolute Gasteiger partial charge is 0.180 e. The van der Waals surface area contributed by atoms with Gasteiger partial charge in [-0.1, -0.05) is 39.3 Å². The van der Waals surface area contributed by atoms with Crippen molar-refractivity contribution in [2.24, 2.45) is 5.41 Å². The standard InChI is InChI=1S/C17H27NO2S/c1-4-21(19,20)16-10-6-5-9-15(16)18-14-8-7-12-17(2,3)13-11-14/h5-6,9-10,14,18H,4,7-8,11-13H2,1-3H3. The highest BCUT2D eigenvalue weighted by molar-refractivity contribution is 7.91. The first-order valence-electron chi connectivity index (χ1n) is 7.92. The second-order valence-electron chi connectivity index (χ2n) is 6.84. The number of hydrogen-bond donors (Lipinski definition) is 1. The Morgan fingerprint density at radius 2 is 1.90 bits per heavy atom. The first-order chi connectivity index (χ1) is 9.84. The van der Waals surface area contributed by atoms with Crippen LogP contribution in [0.5, 0.6) is 0 Å². The molecule has 0 bridgehead atoms. The summed E-state index contributed by atoms with van der Waals surface area (Å²) in [5, 5.41) is 3.49. The fourth-order valence-electron chi connectivity index (χ4n) is 3.04. The molecular formula is C17H27NO2S. The summed E-state index contributed by atoms with van der Waals surface area (Å²) in [6.45, 7) is 6.34. The molecule has 2 rings (SSSR count). The van der Waals surface area contributed by atoms with Crippen LogP contribution < -0.4 is 5.32 Å². The molecule has 4 heteroatoms. The molecule has 21 heavy (non-hydrogen) atoms. The number of rotatable bonds is 4. The van der Waals surface area contributed by atoms with E-state index in [9.17, 15) is 8.42 Å². The summed E-state index contributed by atoms with van der Waals surface area (Å²) in [7, 11) is -3.17. The molecule has 0 amide bonds. The third-order valence-corrected chi connectivity index (χ3v) is 6.32. The second-order valence-corrected chi connectivity index (χ2v) is 9.08. The Hall–Kier alpha value is -1.03. The highest BCUT2D eigenvalue weighted by Gasteiger charge is 2.25. The van der Waals surface area contributed by atoms with Gasteiger partial charge >= 0.3 is 0 Å². The summed E-state index contributed by atoms with van der Waals surface area (Å²) in [5.74, 6) is 0.142. The second kappa shape index (κ2) is 6.39. The Bertz CT molecular complexity index is 578. The van der Waals surface area contributed by atoms with Gasteiger partial charge in [-0.25, -0.2) is 8.42 Å². The van der Waals surface area contributed by atoms with Gasteiger partial charge in [0, 0.05) is 6.04 Å². The van der Waals surface area contributed by atoms with Gasteiger partial charge in [-0.3, -0.25) is 0 Å². The molecule has 0 heterocycles. The molecule has 118 valence electrons. The zero-order chi connectivity index (χ0) is 15.5. The van der Waals surface area contributed by atoms with Gasteiger partial charge in [0.15, 0.2) is 9.84 Å². The number of hydrogen-bond acceptors (Lipinski definition) is 3. The van der Waals surface area contributed by atoms with E-state index in [1.807, 2.05) is 12.1 Å². The van der Waals surface area contributed by atoms with Crippen LogP contribution in [-0.4, -0.2) is 20.2 Å². The fourth-order valence-corrected chi connectivity index (χ4v) is 4.10. The van der Waals surface area contributed by atoms with Crippen molar-refractivity contribution >= 4 is 15.5 Å².